The Labute approximate surface area is 173 Å². The zero-order valence-electron chi connectivity index (χ0n) is 15.5. The van der Waals surface area contributed by atoms with Gasteiger partial charge in [-0.05, 0) is 55.5 Å². The van der Waals surface area contributed by atoms with Gasteiger partial charge in [0.15, 0.2) is 16.8 Å². The van der Waals surface area contributed by atoms with Crippen LogP contribution in [0.15, 0.2) is 66.3 Å². The fourth-order valence-corrected chi connectivity index (χ4v) is 3.59. The molecule has 1 heterocycles. The Morgan fingerprint density at radius 2 is 1.89 bits per heavy atom. The van der Waals surface area contributed by atoms with Crippen LogP contribution in [0.5, 0.6) is 5.75 Å². The SMILES string of the molecule is C=CCn1c(SCC(=O)c2ccc(OCC)cc2)nnc1-c1ccc(Cl)cc1. The number of hydrogen-bond donors (Lipinski definition) is 0. The van der Waals surface area contributed by atoms with Gasteiger partial charge in [0.1, 0.15) is 5.75 Å². The van der Waals surface area contributed by atoms with E-state index in [9.17, 15) is 4.79 Å². The molecule has 0 spiro atoms. The highest BCUT2D eigenvalue weighted by Gasteiger charge is 2.15. The van der Waals surface area contributed by atoms with Crippen LogP contribution >= 0.6 is 23.4 Å². The van der Waals surface area contributed by atoms with Gasteiger partial charge in [0.05, 0.1) is 12.4 Å². The molecule has 0 N–H and O–H groups in total. The molecule has 0 aliphatic rings. The van der Waals surface area contributed by atoms with Gasteiger partial charge in [-0.1, -0.05) is 29.4 Å². The number of hydrogen-bond acceptors (Lipinski definition) is 5. The molecule has 3 rings (SSSR count). The molecule has 144 valence electrons. The largest absolute Gasteiger partial charge is 0.494 e. The van der Waals surface area contributed by atoms with Gasteiger partial charge in [0, 0.05) is 22.7 Å². The number of rotatable bonds is 9. The van der Waals surface area contributed by atoms with Crippen LogP contribution in [0, 0.1) is 0 Å². The molecule has 0 unspecified atom stereocenters. The third kappa shape index (κ3) is 4.82. The number of ether oxygens (including phenoxy) is 1. The summed E-state index contributed by atoms with van der Waals surface area (Å²) in [5, 5.41) is 9.88. The molecule has 0 amide bonds. The van der Waals surface area contributed by atoms with E-state index in [-0.39, 0.29) is 11.5 Å². The van der Waals surface area contributed by atoms with Crippen molar-refractivity contribution in [3.05, 3.63) is 71.8 Å². The fraction of sp³-hybridized carbons (Fsp3) is 0.190. The molecular weight excluding hydrogens is 394 g/mol. The van der Waals surface area contributed by atoms with E-state index in [1.54, 1.807) is 30.3 Å². The average Bonchev–Trinajstić information content (AvgIpc) is 3.10. The summed E-state index contributed by atoms with van der Waals surface area (Å²) in [5.41, 5.74) is 1.55. The molecule has 0 saturated carbocycles. The molecular formula is C21H20ClN3O2S. The molecule has 0 radical (unpaired) electrons. The number of carbonyl (C=O) groups excluding carboxylic acids is 1. The first-order chi connectivity index (χ1) is 13.6. The highest BCUT2D eigenvalue weighted by molar-refractivity contribution is 7.99. The van der Waals surface area contributed by atoms with Crippen LogP contribution < -0.4 is 4.74 Å². The Hall–Kier alpha value is -2.57. The van der Waals surface area contributed by atoms with E-state index in [1.165, 1.54) is 11.8 Å². The van der Waals surface area contributed by atoms with Crippen LogP contribution in [0.4, 0.5) is 0 Å². The summed E-state index contributed by atoms with van der Waals surface area (Å²) in [6.45, 7) is 6.87. The molecule has 5 nitrogen and oxygen atoms in total. The van der Waals surface area contributed by atoms with Crippen LogP contribution in [0.25, 0.3) is 11.4 Å². The first-order valence-electron chi connectivity index (χ1n) is 8.81. The van der Waals surface area contributed by atoms with Gasteiger partial charge in [-0.2, -0.15) is 0 Å². The van der Waals surface area contributed by atoms with Crippen LogP contribution in [-0.4, -0.2) is 32.9 Å². The van der Waals surface area contributed by atoms with Crippen molar-refractivity contribution in [2.75, 3.05) is 12.4 Å². The minimum atomic E-state index is 0.0224. The van der Waals surface area contributed by atoms with Crippen molar-refractivity contribution < 1.29 is 9.53 Å². The minimum Gasteiger partial charge on any atom is -0.494 e. The molecule has 0 saturated heterocycles. The van der Waals surface area contributed by atoms with Crippen molar-refractivity contribution in [2.24, 2.45) is 0 Å². The fourth-order valence-electron chi connectivity index (χ4n) is 2.62. The normalized spacial score (nSPS) is 10.6. The molecule has 7 heteroatoms. The summed E-state index contributed by atoms with van der Waals surface area (Å²) >= 11 is 7.32. The molecule has 2 aromatic carbocycles. The topological polar surface area (TPSA) is 57.0 Å². The van der Waals surface area contributed by atoms with Crippen molar-refractivity contribution in [3.8, 4) is 17.1 Å². The highest BCUT2D eigenvalue weighted by Crippen LogP contribution is 2.26. The standard InChI is InChI=1S/C21H20ClN3O2S/c1-3-13-25-20(16-5-9-17(22)10-6-16)23-24-21(25)28-14-19(26)15-7-11-18(12-8-15)27-4-2/h3,5-12H,1,4,13-14H2,2H3. The highest BCUT2D eigenvalue weighted by atomic mass is 35.5. The van der Waals surface area contributed by atoms with Gasteiger partial charge in [0.2, 0.25) is 0 Å². The number of nitrogens with zero attached hydrogens (tertiary/aromatic N) is 3. The van der Waals surface area contributed by atoms with Gasteiger partial charge in [-0.15, -0.1) is 16.8 Å². The summed E-state index contributed by atoms with van der Waals surface area (Å²) in [7, 11) is 0. The first-order valence-corrected chi connectivity index (χ1v) is 10.2. The molecule has 0 aliphatic carbocycles. The van der Waals surface area contributed by atoms with E-state index in [0.717, 1.165) is 11.3 Å². The van der Waals surface area contributed by atoms with Gasteiger partial charge < -0.3 is 4.74 Å². The smallest absolute Gasteiger partial charge is 0.192 e. The van der Waals surface area contributed by atoms with Gasteiger partial charge in [0.25, 0.3) is 0 Å². The summed E-state index contributed by atoms with van der Waals surface area (Å²) in [6, 6.07) is 14.6. The van der Waals surface area contributed by atoms with Crippen molar-refractivity contribution in [2.45, 2.75) is 18.6 Å². The Balaban J connectivity index is 1.74. The van der Waals surface area contributed by atoms with E-state index in [0.29, 0.717) is 34.7 Å². The second-order valence-corrected chi connectivity index (χ2v) is 7.26. The van der Waals surface area contributed by atoms with E-state index in [2.05, 4.69) is 16.8 Å². The Morgan fingerprint density at radius 1 is 1.18 bits per heavy atom. The number of thioether (sulfide) groups is 1. The van der Waals surface area contributed by atoms with E-state index < -0.39 is 0 Å². The lowest BCUT2D eigenvalue weighted by molar-refractivity contribution is 0.102. The van der Waals surface area contributed by atoms with Crippen molar-refractivity contribution in [3.63, 3.8) is 0 Å². The first kappa shape index (κ1) is 20.2. The molecule has 0 bridgehead atoms. The zero-order valence-corrected chi connectivity index (χ0v) is 17.0. The Bertz CT molecular complexity index is 953. The van der Waals surface area contributed by atoms with Crippen molar-refractivity contribution in [1.82, 2.24) is 14.8 Å². The van der Waals surface area contributed by atoms with Crippen LogP contribution in [-0.2, 0) is 6.54 Å². The number of aromatic nitrogens is 3. The van der Waals surface area contributed by atoms with Gasteiger partial charge in [-0.25, -0.2) is 0 Å². The van der Waals surface area contributed by atoms with Crippen LogP contribution in [0.1, 0.15) is 17.3 Å². The van der Waals surface area contributed by atoms with Crippen molar-refractivity contribution >= 4 is 29.1 Å². The third-order valence-electron chi connectivity index (χ3n) is 3.95. The summed E-state index contributed by atoms with van der Waals surface area (Å²) in [5.74, 6) is 1.76. The Morgan fingerprint density at radius 3 is 2.54 bits per heavy atom. The maximum atomic E-state index is 12.5. The molecule has 3 aromatic rings. The second-order valence-electron chi connectivity index (χ2n) is 5.88. The van der Waals surface area contributed by atoms with Gasteiger partial charge >= 0.3 is 0 Å². The number of Topliss-reactive ketones (excluding diaryl/α,β-unsaturated/α-hetero) is 1. The van der Waals surface area contributed by atoms with Crippen LogP contribution in [0.3, 0.4) is 0 Å². The average molecular weight is 414 g/mol. The molecule has 0 fully saturated rings. The monoisotopic (exact) mass is 413 g/mol. The molecule has 28 heavy (non-hydrogen) atoms. The van der Waals surface area contributed by atoms with Crippen LogP contribution in [0.2, 0.25) is 5.02 Å². The number of carbonyl (C=O) groups is 1. The third-order valence-corrected chi connectivity index (χ3v) is 5.17. The van der Waals surface area contributed by atoms with E-state index >= 15 is 0 Å². The summed E-state index contributed by atoms with van der Waals surface area (Å²) in [6.07, 6.45) is 1.78. The maximum absolute atomic E-state index is 12.5. The van der Waals surface area contributed by atoms with Gasteiger partial charge in [-0.3, -0.25) is 9.36 Å². The quantitative estimate of drug-likeness (QED) is 0.275. The molecule has 0 atom stereocenters. The number of allylic oxidation sites excluding steroid dienone is 1. The lowest BCUT2D eigenvalue weighted by Gasteiger charge is -2.08. The second kappa shape index (κ2) is 9.57. The van der Waals surface area contributed by atoms with E-state index in [1.807, 2.05) is 35.8 Å². The zero-order chi connectivity index (χ0) is 19.9. The maximum Gasteiger partial charge on any atom is 0.192 e. The molecule has 1 aromatic heterocycles. The predicted octanol–water partition coefficient (Wildman–Crippen LogP) is 5.16. The Kier molecular flexibility index (Phi) is 6.90. The summed E-state index contributed by atoms with van der Waals surface area (Å²) < 4.78 is 7.35. The lowest BCUT2D eigenvalue weighted by Crippen LogP contribution is -2.05. The van der Waals surface area contributed by atoms with E-state index in [4.69, 9.17) is 16.3 Å². The number of halogens is 1. The molecule has 0 aliphatic heterocycles. The van der Waals surface area contributed by atoms with Crippen molar-refractivity contribution in [1.29, 1.82) is 0 Å². The number of benzene rings is 2. The predicted molar refractivity (Wildman–Crippen MR) is 113 cm³/mol. The number of ketones is 1. The summed E-state index contributed by atoms with van der Waals surface area (Å²) in [4.78, 5) is 12.5. The lowest BCUT2D eigenvalue weighted by atomic mass is 10.1. The minimum absolute atomic E-state index is 0.0224.